The largest absolute Gasteiger partial charge is 0.511 e. The van der Waals surface area contributed by atoms with E-state index >= 15 is 0 Å². The number of aliphatic hydroxyl groups excluding tert-OH is 1. The van der Waals surface area contributed by atoms with Crippen LogP contribution in [0.2, 0.25) is 0 Å². The molecule has 24 heavy (non-hydrogen) atoms. The fourth-order valence-corrected chi connectivity index (χ4v) is 2.21. The van der Waals surface area contributed by atoms with Gasteiger partial charge in [0.2, 0.25) is 0 Å². The Morgan fingerprint density at radius 1 is 1.17 bits per heavy atom. The fraction of sp³-hybridized carbons (Fsp3) is 0.545. The molecular formula is C22H39NO. The lowest BCUT2D eigenvalue weighted by atomic mass is 9.91. The van der Waals surface area contributed by atoms with Gasteiger partial charge in [-0.15, -0.1) is 0 Å². The Morgan fingerprint density at radius 2 is 1.71 bits per heavy atom. The van der Waals surface area contributed by atoms with Gasteiger partial charge in [0.1, 0.15) is 5.76 Å². The molecule has 1 aliphatic rings. The van der Waals surface area contributed by atoms with Crippen LogP contribution in [0, 0.1) is 5.92 Å². The zero-order chi connectivity index (χ0) is 18.6. The van der Waals surface area contributed by atoms with Gasteiger partial charge >= 0.3 is 0 Å². The summed E-state index contributed by atoms with van der Waals surface area (Å²) in [5.74, 6) is 1.16. The number of hydrogen-bond acceptors (Lipinski definition) is 2. The molecule has 0 aliphatic heterocycles. The zero-order valence-electron chi connectivity index (χ0n) is 16.4. The molecule has 0 aromatic heterocycles. The highest BCUT2D eigenvalue weighted by atomic mass is 16.3. The average molecular weight is 334 g/mol. The van der Waals surface area contributed by atoms with Gasteiger partial charge in [-0.3, -0.25) is 0 Å². The van der Waals surface area contributed by atoms with E-state index in [1.165, 1.54) is 43.9 Å². The Kier molecular flexibility index (Phi) is 19.8. The maximum absolute atomic E-state index is 8.38. The van der Waals surface area contributed by atoms with Gasteiger partial charge in [0.15, 0.2) is 0 Å². The molecule has 1 aromatic rings. The van der Waals surface area contributed by atoms with Crippen LogP contribution in [0.3, 0.4) is 0 Å². The Bertz CT molecular complexity index is 380. The van der Waals surface area contributed by atoms with Crippen LogP contribution < -0.4 is 5.32 Å². The molecule has 0 spiro atoms. The van der Waals surface area contributed by atoms with Crippen LogP contribution in [0.1, 0.15) is 65.4 Å². The molecule has 2 rings (SSSR count). The second-order valence-corrected chi connectivity index (χ2v) is 5.73. The van der Waals surface area contributed by atoms with Crippen LogP contribution in [0.4, 0.5) is 0 Å². The van der Waals surface area contributed by atoms with Crippen molar-refractivity contribution in [3.63, 3.8) is 0 Å². The van der Waals surface area contributed by atoms with E-state index in [1.807, 2.05) is 19.9 Å². The minimum absolute atomic E-state index is 0.125. The van der Waals surface area contributed by atoms with Crippen molar-refractivity contribution in [3.05, 3.63) is 61.0 Å². The first-order valence-electron chi connectivity index (χ1n) is 9.35. The third-order valence-electron chi connectivity index (χ3n) is 3.60. The summed E-state index contributed by atoms with van der Waals surface area (Å²) < 4.78 is 0. The summed E-state index contributed by atoms with van der Waals surface area (Å²) >= 11 is 0. The smallest absolute Gasteiger partial charge is 0.104 e. The number of rotatable bonds is 4. The number of aryl methyl sites for hydroxylation is 1. The van der Waals surface area contributed by atoms with Gasteiger partial charge in [-0.05, 0) is 24.1 Å². The van der Waals surface area contributed by atoms with E-state index in [0.717, 1.165) is 12.3 Å². The zero-order valence-corrected chi connectivity index (χ0v) is 16.4. The Hall–Kier alpha value is -1.70. The van der Waals surface area contributed by atoms with Crippen LogP contribution in [0.25, 0.3) is 0 Å². The summed E-state index contributed by atoms with van der Waals surface area (Å²) in [6.07, 6.45) is 10.1. The SMILES string of the molecule is C=CNCC(=C)O.CC.CC1CCCCC1.CCc1ccccc1. The average Bonchev–Trinajstić information content (AvgIpc) is 2.64. The molecule has 2 nitrogen and oxygen atoms in total. The quantitative estimate of drug-likeness (QED) is 0.604. The van der Waals surface area contributed by atoms with E-state index in [9.17, 15) is 0 Å². The van der Waals surface area contributed by atoms with Crippen molar-refractivity contribution < 1.29 is 5.11 Å². The molecule has 2 N–H and O–H groups in total. The van der Waals surface area contributed by atoms with Crippen molar-refractivity contribution in [2.45, 2.75) is 66.2 Å². The fourth-order valence-electron chi connectivity index (χ4n) is 2.21. The molecule has 138 valence electrons. The first-order chi connectivity index (χ1) is 11.6. The standard InChI is InChI=1S/C8H10.C7H14.C5H9NO.C2H6/c1-2-8-6-4-3-5-7-8;1-7-5-3-2-4-6-7;1-3-6-4-5(2)7;1-2/h3-7H,2H2,1H3;7H,2-6H2,1H3;3,6-7H,1-2,4H2;1-2H3. The second kappa shape index (κ2) is 19.3. The van der Waals surface area contributed by atoms with E-state index in [2.05, 4.69) is 56.6 Å². The van der Waals surface area contributed by atoms with E-state index < -0.39 is 0 Å². The summed E-state index contributed by atoms with van der Waals surface area (Å²) in [7, 11) is 0. The van der Waals surface area contributed by atoms with E-state index in [0.29, 0.717) is 6.54 Å². The van der Waals surface area contributed by atoms with Crippen LogP contribution in [0.15, 0.2) is 55.4 Å². The third kappa shape index (κ3) is 18.3. The predicted octanol–water partition coefficient (Wildman–Crippen LogP) is 6.65. The normalized spacial score (nSPS) is 12.8. The maximum Gasteiger partial charge on any atom is 0.104 e. The van der Waals surface area contributed by atoms with Crippen LogP contribution in [-0.2, 0) is 6.42 Å². The second-order valence-electron chi connectivity index (χ2n) is 5.73. The first-order valence-corrected chi connectivity index (χ1v) is 9.35. The summed E-state index contributed by atoms with van der Waals surface area (Å²) in [5, 5.41) is 11.0. The topological polar surface area (TPSA) is 32.3 Å². The minimum Gasteiger partial charge on any atom is -0.511 e. The van der Waals surface area contributed by atoms with E-state index in [-0.39, 0.29) is 5.76 Å². The maximum atomic E-state index is 8.38. The van der Waals surface area contributed by atoms with E-state index in [4.69, 9.17) is 5.11 Å². The molecule has 0 atom stereocenters. The molecule has 0 amide bonds. The van der Waals surface area contributed by atoms with Crippen molar-refractivity contribution in [1.82, 2.24) is 5.32 Å². The lowest BCUT2D eigenvalue weighted by Gasteiger charge is -2.15. The highest BCUT2D eigenvalue weighted by Crippen LogP contribution is 2.22. The molecule has 0 bridgehead atoms. The summed E-state index contributed by atoms with van der Waals surface area (Å²) in [6, 6.07) is 10.5. The van der Waals surface area contributed by atoms with Crippen molar-refractivity contribution in [2.24, 2.45) is 5.92 Å². The van der Waals surface area contributed by atoms with Crippen molar-refractivity contribution >= 4 is 0 Å². The Labute approximate surface area is 150 Å². The molecule has 0 unspecified atom stereocenters. The molecule has 1 aliphatic carbocycles. The molecule has 2 heteroatoms. The molecule has 0 heterocycles. The Balaban J connectivity index is 0. The van der Waals surface area contributed by atoms with Crippen molar-refractivity contribution in [1.29, 1.82) is 0 Å². The first kappa shape index (κ1) is 24.6. The molecule has 0 radical (unpaired) electrons. The molecule has 1 aromatic carbocycles. The molecule has 1 fully saturated rings. The highest BCUT2D eigenvalue weighted by molar-refractivity contribution is 5.13. The predicted molar refractivity (Wildman–Crippen MR) is 109 cm³/mol. The lowest BCUT2D eigenvalue weighted by Crippen LogP contribution is -2.07. The third-order valence-corrected chi connectivity index (χ3v) is 3.60. The van der Waals surface area contributed by atoms with Crippen LogP contribution in [-0.4, -0.2) is 11.7 Å². The minimum atomic E-state index is 0.125. The number of benzene rings is 1. The number of nitrogens with one attached hydrogen (secondary N) is 1. The Morgan fingerprint density at radius 3 is 1.96 bits per heavy atom. The molecule has 1 saturated carbocycles. The summed E-state index contributed by atoms with van der Waals surface area (Å²) in [4.78, 5) is 0. The van der Waals surface area contributed by atoms with Crippen LogP contribution >= 0.6 is 0 Å². The number of hydrogen-bond donors (Lipinski definition) is 2. The van der Waals surface area contributed by atoms with E-state index in [1.54, 1.807) is 0 Å². The van der Waals surface area contributed by atoms with Crippen LogP contribution in [0.5, 0.6) is 0 Å². The van der Waals surface area contributed by atoms with Crippen molar-refractivity contribution in [2.75, 3.05) is 6.54 Å². The van der Waals surface area contributed by atoms with Gasteiger partial charge in [0.05, 0.1) is 6.54 Å². The monoisotopic (exact) mass is 333 g/mol. The molecule has 0 saturated heterocycles. The van der Waals surface area contributed by atoms with Crippen molar-refractivity contribution in [3.8, 4) is 0 Å². The number of aliphatic hydroxyl groups is 1. The highest BCUT2D eigenvalue weighted by Gasteiger charge is 2.05. The lowest BCUT2D eigenvalue weighted by molar-refractivity contribution is 0.385. The van der Waals surface area contributed by atoms with Gasteiger partial charge < -0.3 is 10.4 Å². The van der Waals surface area contributed by atoms with Gasteiger partial charge in [0.25, 0.3) is 0 Å². The summed E-state index contributed by atoms with van der Waals surface area (Å²) in [5.41, 5.74) is 1.41. The van der Waals surface area contributed by atoms with Gasteiger partial charge in [-0.2, -0.15) is 0 Å². The van der Waals surface area contributed by atoms with Gasteiger partial charge in [0, 0.05) is 0 Å². The molecular weight excluding hydrogens is 294 g/mol. The van der Waals surface area contributed by atoms with Gasteiger partial charge in [-0.25, -0.2) is 0 Å². The van der Waals surface area contributed by atoms with Gasteiger partial charge in [-0.1, -0.05) is 103 Å². The summed E-state index contributed by atoms with van der Waals surface area (Å²) in [6.45, 7) is 15.5.